The van der Waals surface area contributed by atoms with Gasteiger partial charge in [0.15, 0.2) is 0 Å². The minimum absolute atomic E-state index is 0.265. The van der Waals surface area contributed by atoms with Crippen molar-refractivity contribution in [2.24, 2.45) is 0 Å². The fraction of sp³-hybridized carbons (Fsp3) is 0.250. The molecule has 10 heavy (non-hydrogen) atoms. The van der Waals surface area contributed by atoms with E-state index in [-0.39, 0.29) is 6.73 Å². The van der Waals surface area contributed by atoms with E-state index in [1.54, 1.807) is 0 Å². The number of carbonyl (C=O) groups is 1. The van der Waals surface area contributed by atoms with Crippen LogP contribution in [0.5, 0.6) is 0 Å². The number of rotatable bonds is 4. The van der Waals surface area contributed by atoms with Crippen molar-refractivity contribution in [3.8, 4) is 0 Å². The van der Waals surface area contributed by atoms with Crippen LogP contribution in [0.3, 0.4) is 0 Å². The summed E-state index contributed by atoms with van der Waals surface area (Å²) in [6, 6.07) is 0. The van der Waals surface area contributed by atoms with Gasteiger partial charge in [0, 0.05) is 0 Å². The molecule has 0 aromatic rings. The molecule has 6 heteroatoms. The Balaban J connectivity index is 3.28. The average Bonchev–Trinajstić information content (AvgIpc) is 1.87. The maximum Gasteiger partial charge on any atom is 0.318 e. The third-order valence-corrected chi connectivity index (χ3v) is 1.02. The summed E-state index contributed by atoms with van der Waals surface area (Å²) in [6.07, 6.45) is 1.04. The summed E-state index contributed by atoms with van der Waals surface area (Å²) < 4.78 is 14.0. The summed E-state index contributed by atoms with van der Waals surface area (Å²) >= 11 is 0. The average molecular weight is 165 g/mol. The van der Waals surface area contributed by atoms with Crippen molar-refractivity contribution in [3.05, 3.63) is 12.7 Å². The summed E-state index contributed by atoms with van der Waals surface area (Å²) in [7, 11) is -2.94. The molecule has 1 atom stereocenters. The minimum Gasteiger partial charge on any atom is -0.329 e. The van der Waals surface area contributed by atoms with E-state index >= 15 is 0 Å². The normalized spacial score (nSPS) is 12.1. The first-order valence-corrected chi connectivity index (χ1v) is 3.69. The molecule has 0 aromatic heterocycles. The van der Waals surface area contributed by atoms with Crippen LogP contribution in [0.1, 0.15) is 0 Å². The molecule has 5 nitrogen and oxygen atoms in total. The number of nitrogens with one attached hydrogen (secondary N) is 1. The lowest BCUT2D eigenvalue weighted by Gasteiger charge is -1.98. The van der Waals surface area contributed by atoms with Crippen molar-refractivity contribution in [2.75, 3.05) is 6.73 Å². The van der Waals surface area contributed by atoms with Gasteiger partial charge in [-0.25, -0.2) is 0 Å². The molecule has 58 valence electrons. The van der Waals surface area contributed by atoms with Crippen LogP contribution in [0.25, 0.3) is 0 Å². The van der Waals surface area contributed by atoms with Crippen molar-refractivity contribution in [1.82, 2.24) is 5.32 Å². The molecule has 1 unspecified atom stereocenters. The first-order chi connectivity index (χ1) is 4.66. The Kier molecular flexibility index (Phi) is 4.84. The van der Waals surface area contributed by atoms with Crippen molar-refractivity contribution < 1.29 is 18.8 Å². The lowest BCUT2D eigenvalue weighted by atomic mass is 10.6. The minimum atomic E-state index is -2.94. The fourth-order valence-corrected chi connectivity index (χ4v) is 0.437. The Labute approximate surface area is 58.6 Å². The third kappa shape index (κ3) is 5.50. The lowest BCUT2D eigenvalue weighted by Crippen LogP contribution is -2.22. The predicted molar refractivity (Wildman–Crippen MR) is 35.5 cm³/mol. The molecule has 0 saturated heterocycles. The molecule has 0 radical (unpaired) electrons. The van der Waals surface area contributed by atoms with E-state index in [0.29, 0.717) is 0 Å². The summed E-state index contributed by atoms with van der Waals surface area (Å²) in [5.74, 6) is -0.441. The Morgan fingerprint density at radius 2 is 2.50 bits per heavy atom. The zero-order valence-corrected chi connectivity index (χ0v) is 6.16. The Morgan fingerprint density at radius 3 is 2.90 bits per heavy atom. The van der Waals surface area contributed by atoms with Crippen molar-refractivity contribution in [2.45, 2.75) is 0 Å². The van der Waals surface area contributed by atoms with Crippen molar-refractivity contribution >= 4 is 14.2 Å². The molecular weight excluding hydrogens is 157 g/mol. The van der Waals surface area contributed by atoms with Crippen LogP contribution in [0.15, 0.2) is 12.7 Å². The van der Waals surface area contributed by atoms with E-state index in [9.17, 15) is 9.36 Å². The largest absolute Gasteiger partial charge is 0.329 e. The monoisotopic (exact) mass is 165 g/mol. The van der Waals surface area contributed by atoms with Crippen LogP contribution in [0.2, 0.25) is 0 Å². The number of hydrogen-bond donors (Lipinski definition) is 2. The standard InChI is InChI=1S/C4H8NO4P/c1-2-4(6)5-3-9-10(7)8/h2,10H,1,3H2,(H,5,6)(H,7,8). The zero-order chi connectivity index (χ0) is 7.98. The van der Waals surface area contributed by atoms with Crippen LogP contribution in [0.4, 0.5) is 0 Å². The maximum atomic E-state index is 10.3. The molecule has 0 fully saturated rings. The van der Waals surface area contributed by atoms with Crippen molar-refractivity contribution in [3.63, 3.8) is 0 Å². The van der Waals surface area contributed by atoms with Gasteiger partial charge in [0.05, 0.1) is 0 Å². The van der Waals surface area contributed by atoms with Gasteiger partial charge in [-0.2, -0.15) is 0 Å². The highest BCUT2D eigenvalue weighted by Gasteiger charge is 1.93. The van der Waals surface area contributed by atoms with Gasteiger partial charge in [0.25, 0.3) is 0 Å². The Bertz CT molecular complexity index is 157. The maximum absolute atomic E-state index is 10.3. The lowest BCUT2D eigenvalue weighted by molar-refractivity contribution is -0.117. The van der Waals surface area contributed by atoms with Gasteiger partial charge in [-0.05, 0) is 6.08 Å². The Hall–Kier alpha value is -0.640. The van der Waals surface area contributed by atoms with E-state index in [1.807, 2.05) is 0 Å². The molecule has 2 N–H and O–H groups in total. The van der Waals surface area contributed by atoms with E-state index in [4.69, 9.17) is 4.89 Å². The predicted octanol–water partition coefficient (Wildman–Crippen LogP) is -0.355. The van der Waals surface area contributed by atoms with Gasteiger partial charge >= 0.3 is 8.25 Å². The summed E-state index contributed by atoms with van der Waals surface area (Å²) in [6.45, 7) is 2.89. The van der Waals surface area contributed by atoms with Gasteiger partial charge in [-0.3, -0.25) is 13.9 Å². The smallest absolute Gasteiger partial charge is 0.318 e. The highest BCUT2D eigenvalue weighted by atomic mass is 31.1. The highest BCUT2D eigenvalue weighted by molar-refractivity contribution is 7.32. The molecular formula is C4H8NO4P. The molecule has 0 spiro atoms. The van der Waals surface area contributed by atoms with Crippen LogP contribution in [-0.2, 0) is 13.9 Å². The molecule has 0 saturated carbocycles. The molecule has 0 rings (SSSR count). The van der Waals surface area contributed by atoms with Crippen LogP contribution < -0.4 is 5.32 Å². The molecule has 0 aliphatic carbocycles. The zero-order valence-electron chi connectivity index (χ0n) is 5.16. The number of carbonyl (C=O) groups excluding carboxylic acids is 1. The second kappa shape index (κ2) is 5.17. The molecule has 0 aromatic carbocycles. The first kappa shape index (κ1) is 9.36. The van der Waals surface area contributed by atoms with E-state index in [2.05, 4.69) is 16.4 Å². The van der Waals surface area contributed by atoms with Gasteiger partial charge in [-0.15, -0.1) is 0 Å². The Morgan fingerprint density at radius 1 is 1.90 bits per heavy atom. The molecule has 0 bridgehead atoms. The SMILES string of the molecule is C=CC(=O)NCO[PH](=O)O. The van der Waals surface area contributed by atoms with Crippen LogP contribution >= 0.6 is 8.25 Å². The number of amides is 1. The van der Waals surface area contributed by atoms with Crippen LogP contribution in [-0.4, -0.2) is 17.5 Å². The second-order valence-corrected chi connectivity index (χ2v) is 2.12. The molecule has 0 aliphatic rings. The summed E-state index contributed by atoms with van der Waals surface area (Å²) in [4.78, 5) is 18.4. The third-order valence-electron chi connectivity index (χ3n) is 0.627. The highest BCUT2D eigenvalue weighted by Crippen LogP contribution is 2.11. The number of hydrogen-bond acceptors (Lipinski definition) is 3. The quantitative estimate of drug-likeness (QED) is 0.339. The van der Waals surface area contributed by atoms with E-state index in [1.165, 1.54) is 0 Å². The summed E-state index contributed by atoms with van der Waals surface area (Å²) in [5, 5.41) is 2.15. The summed E-state index contributed by atoms with van der Waals surface area (Å²) in [5.41, 5.74) is 0. The van der Waals surface area contributed by atoms with E-state index < -0.39 is 14.2 Å². The molecule has 1 amide bonds. The topological polar surface area (TPSA) is 75.6 Å². The first-order valence-electron chi connectivity index (χ1n) is 2.43. The second-order valence-electron chi connectivity index (χ2n) is 1.30. The van der Waals surface area contributed by atoms with Gasteiger partial charge in [0.1, 0.15) is 6.73 Å². The molecule has 0 aliphatic heterocycles. The van der Waals surface area contributed by atoms with Crippen molar-refractivity contribution in [1.29, 1.82) is 0 Å². The van der Waals surface area contributed by atoms with Gasteiger partial charge in [-0.1, -0.05) is 6.58 Å². The fourth-order valence-electron chi connectivity index (χ4n) is 0.241. The van der Waals surface area contributed by atoms with Gasteiger partial charge < -0.3 is 10.2 Å². The van der Waals surface area contributed by atoms with Crippen LogP contribution in [0, 0.1) is 0 Å². The molecule has 0 heterocycles. The van der Waals surface area contributed by atoms with E-state index in [0.717, 1.165) is 6.08 Å². The van der Waals surface area contributed by atoms with Gasteiger partial charge in [0.2, 0.25) is 5.91 Å².